The third-order valence-electron chi connectivity index (χ3n) is 4.94. The van der Waals surface area contributed by atoms with Crippen molar-refractivity contribution in [2.45, 2.75) is 45.7 Å². The molecule has 0 radical (unpaired) electrons. The Morgan fingerprint density at radius 1 is 1.30 bits per heavy atom. The van der Waals surface area contributed by atoms with Crippen LogP contribution < -0.4 is 15.5 Å². The zero-order valence-electron chi connectivity index (χ0n) is 16.5. The molecule has 0 aliphatic carbocycles. The van der Waals surface area contributed by atoms with Crippen molar-refractivity contribution in [1.82, 2.24) is 30.4 Å². The van der Waals surface area contributed by atoms with E-state index in [-0.39, 0.29) is 0 Å². The van der Waals surface area contributed by atoms with Crippen LogP contribution in [0.3, 0.4) is 0 Å². The lowest BCUT2D eigenvalue weighted by atomic mass is 10.1. The Labute approximate surface area is 161 Å². The molecule has 3 rings (SSSR count). The molecule has 0 spiro atoms. The van der Waals surface area contributed by atoms with Crippen molar-refractivity contribution >= 4 is 11.8 Å². The van der Waals surface area contributed by atoms with Gasteiger partial charge in [-0.1, -0.05) is 13.0 Å². The van der Waals surface area contributed by atoms with E-state index in [1.54, 1.807) is 6.33 Å². The van der Waals surface area contributed by atoms with Crippen molar-refractivity contribution in [1.29, 1.82) is 0 Å². The molecule has 1 aliphatic heterocycles. The van der Waals surface area contributed by atoms with Crippen LogP contribution in [0.1, 0.15) is 31.2 Å². The minimum absolute atomic E-state index is 0.430. The highest BCUT2D eigenvalue weighted by molar-refractivity contribution is 5.79. The van der Waals surface area contributed by atoms with E-state index in [9.17, 15) is 0 Å². The number of nitrogens with one attached hydrogen (secondary N) is 2. The van der Waals surface area contributed by atoms with Crippen LogP contribution in [0.4, 0.5) is 5.82 Å². The first-order valence-corrected chi connectivity index (χ1v) is 9.71. The van der Waals surface area contributed by atoms with Crippen molar-refractivity contribution in [2.75, 3.05) is 31.6 Å². The standard InChI is InChI=1S/C19H30N8/c1-4-17-25-23-14-27(17)12-9-21-19(20-3)24-16-7-10-26(11-8-16)18-6-5-15(2)13-22-18/h5-6,13-14,16H,4,7-12H2,1-3H3,(H2,20,21,24). The molecule has 1 fully saturated rings. The van der Waals surface area contributed by atoms with Crippen LogP contribution in [0.5, 0.6) is 0 Å². The largest absolute Gasteiger partial charge is 0.356 e. The molecule has 2 aromatic heterocycles. The molecule has 8 heteroatoms. The third kappa shape index (κ3) is 5.18. The number of piperidine rings is 1. The van der Waals surface area contributed by atoms with Crippen molar-refractivity contribution < 1.29 is 0 Å². The predicted molar refractivity (Wildman–Crippen MR) is 108 cm³/mol. The van der Waals surface area contributed by atoms with Gasteiger partial charge in [0, 0.05) is 51.9 Å². The minimum atomic E-state index is 0.430. The van der Waals surface area contributed by atoms with Crippen molar-refractivity contribution in [3.8, 4) is 0 Å². The van der Waals surface area contributed by atoms with Gasteiger partial charge in [0.2, 0.25) is 0 Å². The second kappa shape index (κ2) is 9.34. The Balaban J connectivity index is 1.42. The SMILES string of the molecule is CCc1nncn1CCNC(=NC)NC1CCN(c2ccc(C)cn2)CC1. The summed E-state index contributed by atoms with van der Waals surface area (Å²) in [6.07, 6.45) is 6.75. The lowest BCUT2D eigenvalue weighted by Crippen LogP contribution is -2.49. The number of hydrogen-bond acceptors (Lipinski definition) is 5. The summed E-state index contributed by atoms with van der Waals surface area (Å²) in [7, 11) is 1.82. The molecule has 3 heterocycles. The van der Waals surface area contributed by atoms with Crippen molar-refractivity contribution in [2.24, 2.45) is 4.99 Å². The average molecular weight is 371 g/mol. The summed E-state index contributed by atoms with van der Waals surface area (Å²) in [6, 6.07) is 4.66. The lowest BCUT2D eigenvalue weighted by Gasteiger charge is -2.33. The van der Waals surface area contributed by atoms with E-state index in [1.165, 1.54) is 5.56 Å². The number of hydrogen-bond donors (Lipinski definition) is 2. The fourth-order valence-corrected chi connectivity index (χ4v) is 3.32. The predicted octanol–water partition coefficient (Wildman–Crippen LogP) is 1.38. The summed E-state index contributed by atoms with van der Waals surface area (Å²) in [6.45, 7) is 7.78. The number of nitrogens with zero attached hydrogens (tertiary/aromatic N) is 6. The van der Waals surface area contributed by atoms with Crippen LogP contribution in [-0.4, -0.2) is 58.4 Å². The minimum Gasteiger partial charge on any atom is -0.356 e. The fraction of sp³-hybridized carbons (Fsp3) is 0.579. The number of aromatic nitrogens is 4. The number of aliphatic imine (C=N–C) groups is 1. The van der Waals surface area contributed by atoms with Crippen LogP contribution in [0.2, 0.25) is 0 Å². The Morgan fingerprint density at radius 2 is 2.11 bits per heavy atom. The maximum absolute atomic E-state index is 4.54. The van der Waals surface area contributed by atoms with Gasteiger partial charge in [0.1, 0.15) is 18.0 Å². The molecule has 1 saturated heterocycles. The average Bonchev–Trinajstić information content (AvgIpc) is 3.16. The van der Waals surface area contributed by atoms with Gasteiger partial charge in [-0.25, -0.2) is 4.98 Å². The highest BCUT2D eigenvalue weighted by atomic mass is 15.3. The first kappa shape index (κ1) is 19.1. The van der Waals surface area contributed by atoms with E-state index in [2.05, 4.69) is 66.3 Å². The Bertz CT molecular complexity index is 728. The van der Waals surface area contributed by atoms with Crippen LogP contribution in [-0.2, 0) is 13.0 Å². The zero-order chi connectivity index (χ0) is 19.1. The molecule has 0 amide bonds. The summed E-state index contributed by atoms with van der Waals surface area (Å²) in [5.74, 6) is 2.94. The van der Waals surface area contributed by atoms with Gasteiger partial charge in [-0.2, -0.15) is 0 Å². The second-order valence-electron chi connectivity index (χ2n) is 6.89. The summed E-state index contributed by atoms with van der Waals surface area (Å²) in [4.78, 5) is 11.3. The molecule has 0 bridgehead atoms. The Kier molecular flexibility index (Phi) is 6.62. The molecule has 8 nitrogen and oxygen atoms in total. The van der Waals surface area contributed by atoms with Crippen LogP contribution in [0.25, 0.3) is 0 Å². The quantitative estimate of drug-likeness (QED) is 0.590. The number of pyridine rings is 1. The molecule has 27 heavy (non-hydrogen) atoms. The molecule has 0 unspecified atom stereocenters. The van der Waals surface area contributed by atoms with E-state index < -0.39 is 0 Å². The number of anilines is 1. The Hall–Kier alpha value is -2.64. The highest BCUT2D eigenvalue weighted by Gasteiger charge is 2.20. The Morgan fingerprint density at radius 3 is 2.78 bits per heavy atom. The van der Waals surface area contributed by atoms with Gasteiger partial charge in [0.15, 0.2) is 5.96 Å². The highest BCUT2D eigenvalue weighted by Crippen LogP contribution is 2.17. The van der Waals surface area contributed by atoms with Crippen LogP contribution in [0.15, 0.2) is 29.6 Å². The molecule has 1 aliphatic rings. The number of guanidine groups is 1. The van der Waals surface area contributed by atoms with E-state index in [1.807, 2.05) is 13.2 Å². The smallest absolute Gasteiger partial charge is 0.191 e. The molecular weight excluding hydrogens is 340 g/mol. The van der Waals surface area contributed by atoms with Gasteiger partial charge in [0.25, 0.3) is 0 Å². The normalized spacial score (nSPS) is 15.8. The molecule has 2 N–H and O–H groups in total. The van der Waals surface area contributed by atoms with Crippen LogP contribution >= 0.6 is 0 Å². The topological polar surface area (TPSA) is 83.3 Å². The van der Waals surface area contributed by atoms with Crippen molar-refractivity contribution in [3.05, 3.63) is 36.0 Å². The van der Waals surface area contributed by atoms with E-state index in [0.717, 1.165) is 63.0 Å². The molecular formula is C19H30N8. The third-order valence-corrected chi connectivity index (χ3v) is 4.94. The molecule has 2 aromatic rings. The fourth-order valence-electron chi connectivity index (χ4n) is 3.32. The monoisotopic (exact) mass is 370 g/mol. The second-order valence-corrected chi connectivity index (χ2v) is 6.89. The molecule has 0 aromatic carbocycles. The first-order chi connectivity index (χ1) is 13.2. The molecule has 146 valence electrons. The maximum atomic E-state index is 4.54. The lowest BCUT2D eigenvalue weighted by molar-refractivity contribution is 0.458. The zero-order valence-corrected chi connectivity index (χ0v) is 16.5. The maximum Gasteiger partial charge on any atom is 0.191 e. The van der Waals surface area contributed by atoms with Gasteiger partial charge in [-0.05, 0) is 31.4 Å². The van der Waals surface area contributed by atoms with E-state index in [4.69, 9.17) is 0 Å². The summed E-state index contributed by atoms with van der Waals surface area (Å²) in [5.41, 5.74) is 1.20. The van der Waals surface area contributed by atoms with Crippen molar-refractivity contribution in [3.63, 3.8) is 0 Å². The van der Waals surface area contributed by atoms with Gasteiger partial charge in [-0.15, -0.1) is 10.2 Å². The first-order valence-electron chi connectivity index (χ1n) is 9.71. The molecule has 0 atom stereocenters. The molecule has 0 saturated carbocycles. The van der Waals surface area contributed by atoms with Gasteiger partial charge < -0.3 is 20.1 Å². The summed E-state index contributed by atoms with van der Waals surface area (Å²) < 4.78 is 2.08. The van der Waals surface area contributed by atoms with Gasteiger partial charge in [0.05, 0.1) is 0 Å². The summed E-state index contributed by atoms with van der Waals surface area (Å²) >= 11 is 0. The summed E-state index contributed by atoms with van der Waals surface area (Å²) in [5, 5.41) is 15.0. The van der Waals surface area contributed by atoms with Gasteiger partial charge in [-0.3, -0.25) is 4.99 Å². The number of rotatable bonds is 6. The van der Waals surface area contributed by atoms with Gasteiger partial charge >= 0.3 is 0 Å². The van der Waals surface area contributed by atoms with Crippen LogP contribution in [0, 0.1) is 6.92 Å². The van der Waals surface area contributed by atoms with E-state index >= 15 is 0 Å². The number of aryl methyl sites for hydroxylation is 2. The van der Waals surface area contributed by atoms with E-state index in [0.29, 0.717) is 6.04 Å².